The van der Waals surface area contributed by atoms with Gasteiger partial charge in [0.1, 0.15) is 0 Å². The summed E-state index contributed by atoms with van der Waals surface area (Å²) in [6.45, 7) is 6.74. The molecule has 2 rings (SSSR count). The Morgan fingerprint density at radius 2 is 2.00 bits per heavy atom. The summed E-state index contributed by atoms with van der Waals surface area (Å²) in [7, 11) is -1.39. The van der Waals surface area contributed by atoms with Crippen molar-refractivity contribution >= 4 is 20.1 Å². The van der Waals surface area contributed by atoms with Crippen molar-refractivity contribution in [3.63, 3.8) is 0 Å². The first-order chi connectivity index (χ1) is 7.57. The van der Waals surface area contributed by atoms with E-state index in [4.69, 9.17) is 4.43 Å². The zero-order chi connectivity index (χ0) is 11.6. The number of rotatable bonds is 2. The highest BCUT2D eigenvalue weighted by Crippen LogP contribution is 2.34. The normalized spacial score (nSPS) is 26.2. The molecule has 86 valence electrons. The number of benzene rings is 1. The molecule has 1 unspecified atom stereocenters. The largest absolute Gasteiger partial charge is 0.411 e. The predicted octanol–water partition coefficient (Wildman–Crippen LogP) is 4.29. The van der Waals surface area contributed by atoms with Crippen LogP contribution in [0, 0.1) is 0 Å². The molecular formula is C13H18OSSi. The standard InChI is InChI=1S/C13H18OSSi/c1-11-12(10-16(2,3)14-11)9-15-13-7-5-4-6-8-13/h4-9,11H,10H2,1-3H3/b12-9-. The molecule has 1 aliphatic heterocycles. The van der Waals surface area contributed by atoms with E-state index in [1.165, 1.54) is 16.5 Å². The molecule has 1 aliphatic rings. The van der Waals surface area contributed by atoms with Gasteiger partial charge in [0.15, 0.2) is 8.32 Å². The van der Waals surface area contributed by atoms with Crippen LogP contribution in [0.15, 0.2) is 46.2 Å². The molecule has 0 amide bonds. The molecule has 0 aliphatic carbocycles. The van der Waals surface area contributed by atoms with Crippen LogP contribution in [0.2, 0.25) is 19.1 Å². The van der Waals surface area contributed by atoms with Crippen molar-refractivity contribution in [3.8, 4) is 0 Å². The Hall–Kier alpha value is -0.513. The van der Waals surface area contributed by atoms with Crippen molar-refractivity contribution in [2.24, 2.45) is 0 Å². The molecule has 1 heterocycles. The van der Waals surface area contributed by atoms with E-state index < -0.39 is 8.32 Å². The Balaban J connectivity index is 2.04. The molecule has 0 spiro atoms. The Kier molecular flexibility index (Phi) is 3.57. The van der Waals surface area contributed by atoms with Gasteiger partial charge in [-0.3, -0.25) is 0 Å². The maximum atomic E-state index is 6.01. The lowest BCUT2D eigenvalue weighted by Gasteiger charge is -2.13. The summed E-state index contributed by atoms with van der Waals surface area (Å²) in [4.78, 5) is 1.30. The monoisotopic (exact) mass is 250 g/mol. The Morgan fingerprint density at radius 1 is 1.31 bits per heavy atom. The third-order valence-corrected chi connectivity index (χ3v) is 5.95. The molecule has 16 heavy (non-hydrogen) atoms. The van der Waals surface area contributed by atoms with Crippen LogP contribution in [0.3, 0.4) is 0 Å². The van der Waals surface area contributed by atoms with E-state index in [0.29, 0.717) is 6.10 Å². The van der Waals surface area contributed by atoms with Crippen LogP contribution in [-0.4, -0.2) is 14.4 Å². The fourth-order valence-corrected chi connectivity index (χ4v) is 5.60. The van der Waals surface area contributed by atoms with Gasteiger partial charge in [0.2, 0.25) is 0 Å². The summed E-state index contributed by atoms with van der Waals surface area (Å²) in [5.41, 5.74) is 1.46. The molecular weight excluding hydrogens is 232 g/mol. The summed E-state index contributed by atoms with van der Waals surface area (Å²) < 4.78 is 6.01. The Bertz CT molecular complexity index is 386. The predicted molar refractivity (Wildman–Crippen MR) is 73.2 cm³/mol. The van der Waals surface area contributed by atoms with Gasteiger partial charge < -0.3 is 4.43 Å². The maximum absolute atomic E-state index is 6.01. The van der Waals surface area contributed by atoms with Crippen molar-refractivity contribution < 1.29 is 4.43 Å². The highest BCUT2D eigenvalue weighted by molar-refractivity contribution is 8.02. The second-order valence-corrected chi connectivity index (χ2v) is 9.87. The molecule has 1 fully saturated rings. The SMILES string of the molecule is CC1O[Si](C)(C)C/C1=C/Sc1ccccc1. The fraction of sp³-hybridized carbons (Fsp3) is 0.385. The Morgan fingerprint density at radius 3 is 2.56 bits per heavy atom. The van der Waals surface area contributed by atoms with Crippen LogP contribution in [-0.2, 0) is 4.43 Å². The van der Waals surface area contributed by atoms with Gasteiger partial charge in [-0.1, -0.05) is 30.0 Å². The molecule has 1 aromatic carbocycles. The van der Waals surface area contributed by atoms with Crippen molar-refractivity contribution in [2.45, 2.75) is 37.1 Å². The summed E-state index contributed by atoms with van der Waals surface area (Å²) >= 11 is 1.80. The molecule has 3 heteroatoms. The molecule has 0 radical (unpaired) electrons. The molecule has 0 N–H and O–H groups in total. The van der Waals surface area contributed by atoms with Crippen molar-refractivity contribution in [1.82, 2.24) is 0 Å². The number of hydrogen-bond donors (Lipinski definition) is 0. The minimum absolute atomic E-state index is 0.317. The van der Waals surface area contributed by atoms with E-state index in [-0.39, 0.29) is 0 Å². The van der Waals surface area contributed by atoms with Crippen LogP contribution in [0.5, 0.6) is 0 Å². The van der Waals surface area contributed by atoms with Gasteiger partial charge in [0.05, 0.1) is 6.10 Å². The van der Waals surface area contributed by atoms with Crippen LogP contribution in [0.25, 0.3) is 0 Å². The summed E-state index contributed by atoms with van der Waals surface area (Å²) in [5, 5.41) is 2.28. The lowest BCUT2D eigenvalue weighted by molar-refractivity contribution is 0.276. The van der Waals surface area contributed by atoms with E-state index in [1.807, 2.05) is 0 Å². The highest BCUT2D eigenvalue weighted by Gasteiger charge is 2.35. The summed E-state index contributed by atoms with van der Waals surface area (Å²) in [6.07, 6.45) is 0.317. The first-order valence-corrected chi connectivity index (χ1v) is 9.65. The zero-order valence-electron chi connectivity index (χ0n) is 10.1. The quantitative estimate of drug-likeness (QED) is 0.572. The molecule has 0 bridgehead atoms. The summed E-state index contributed by atoms with van der Waals surface area (Å²) in [5.74, 6) is 0. The van der Waals surface area contributed by atoms with Gasteiger partial charge in [-0.15, -0.1) is 0 Å². The molecule has 0 aromatic heterocycles. The average Bonchev–Trinajstić information content (AvgIpc) is 2.50. The first kappa shape index (κ1) is 12.0. The van der Waals surface area contributed by atoms with Crippen LogP contribution in [0.4, 0.5) is 0 Å². The average molecular weight is 250 g/mol. The number of hydrogen-bond acceptors (Lipinski definition) is 2. The van der Waals surface area contributed by atoms with Gasteiger partial charge in [0, 0.05) is 4.90 Å². The lowest BCUT2D eigenvalue weighted by atomic mass is 10.2. The van der Waals surface area contributed by atoms with E-state index in [9.17, 15) is 0 Å². The third kappa shape index (κ3) is 3.00. The fourth-order valence-electron chi connectivity index (χ4n) is 2.01. The minimum atomic E-state index is -1.39. The minimum Gasteiger partial charge on any atom is -0.411 e. The van der Waals surface area contributed by atoms with Gasteiger partial charge in [-0.25, -0.2) is 0 Å². The second-order valence-electron chi connectivity index (χ2n) is 4.82. The number of thioether (sulfide) groups is 1. The van der Waals surface area contributed by atoms with E-state index in [0.717, 1.165) is 0 Å². The Labute approximate surface area is 103 Å². The van der Waals surface area contributed by atoms with Crippen molar-refractivity contribution in [1.29, 1.82) is 0 Å². The van der Waals surface area contributed by atoms with Gasteiger partial charge in [-0.05, 0) is 49.2 Å². The smallest absolute Gasteiger partial charge is 0.191 e. The third-order valence-electron chi connectivity index (χ3n) is 2.74. The van der Waals surface area contributed by atoms with Crippen LogP contribution in [0.1, 0.15) is 6.92 Å². The van der Waals surface area contributed by atoms with E-state index in [2.05, 4.69) is 55.8 Å². The lowest BCUT2D eigenvalue weighted by Crippen LogP contribution is -2.24. The van der Waals surface area contributed by atoms with Crippen LogP contribution >= 0.6 is 11.8 Å². The maximum Gasteiger partial charge on any atom is 0.191 e. The van der Waals surface area contributed by atoms with Gasteiger partial charge in [-0.2, -0.15) is 0 Å². The highest BCUT2D eigenvalue weighted by atomic mass is 32.2. The molecule has 1 atom stereocenters. The van der Waals surface area contributed by atoms with E-state index in [1.54, 1.807) is 11.8 Å². The summed E-state index contributed by atoms with van der Waals surface area (Å²) in [6, 6.07) is 11.7. The van der Waals surface area contributed by atoms with E-state index >= 15 is 0 Å². The van der Waals surface area contributed by atoms with Crippen molar-refractivity contribution in [2.75, 3.05) is 0 Å². The zero-order valence-corrected chi connectivity index (χ0v) is 11.9. The molecule has 1 aromatic rings. The first-order valence-electron chi connectivity index (χ1n) is 5.65. The molecule has 1 nitrogen and oxygen atoms in total. The van der Waals surface area contributed by atoms with Crippen molar-refractivity contribution in [3.05, 3.63) is 41.3 Å². The second kappa shape index (κ2) is 4.78. The van der Waals surface area contributed by atoms with Crippen LogP contribution < -0.4 is 0 Å². The van der Waals surface area contributed by atoms with Gasteiger partial charge >= 0.3 is 0 Å². The molecule has 0 saturated carbocycles. The van der Waals surface area contributed by atoms with Gasteiger partial charge in [0.25, 0.3) is 0 Å². The molecule has 1 saturated heterocycles. The topological polar surface area (TPSA) is 9.23 Å².